The van der Waals surface area contributed by atoms with Gasteiger partial charge in [-0.3, -0.25) is 0 Å². The fourth-order valence-electron chi connectivity index (χ4n) is 3.72. The Balaban J connectivity index is 2.19. The summed E-state index contributed by atoms with van der Waals surface area (Å²) in [5.74, 6) is 0.442. The van der Waals surface area contributed by atoms with Crippen molar-refractivity contribution in [1.29, 1.82) is 0 Å². The third-order valence-corrected chi connectivity index (χ3v) is 4.66. The second-order valence-corrected chi connectivity index (χ2v) is 7.17. The topological polar surface area (TPSA) is 24.5 Å². The van der Waals surface area contributed by atoms with E-state index in [-0.39, 0.29) is 11.2 Å². The highest BCUT2D eigenvalue weighted by molar-refractivity contribution is 5.45. The lowest BCUT2D eigenvalue weighted by Crippen LogP contribution is -2.50. The Morgan fingerprint density at radius 3 is 2.29 bits per heavy atom. The molecule has 0 spiro atoms. The van der Waals surface area contributed by atoms with Gasteiger partial charge in [-0.05, 0) is 46.4 Å². The van der Waals surface area contributed by atoms with E-state index < -0.39 is 0 Å². The third kappa shape index (κ3) is 3.41. The first-order valence-corrected chi connectivity index (χ1v) is 7.97. The Bertz CT molecular complexity index is 456. The minimum Gasteiger partial charge on any atom is -0.374 e. The monoisotopic (exact) mass is 290 g/mol. The van der Waals surface area contributed by atoms with E-state index in [9.17, 15) is 0 Å². The second-order valence-electron chi connectivity index (χ2n) is 7.17. The molecule has 118 valence electrons. The molecule has 1 N–H and O–H groups in total. The Kier molecular flexibility index (Phi) is 4.64. The van der Waals surface area contributed by atoms with Crippen LogP contribution in [-0.2, 0) is 4.74 Å². The van der Waals surface area contributed by atoms with E-state index in [0.29, 0.717) is 12.0 Å². The van der Waals surface area contributed by atoms with Crippen LogP contribution in [0, 0.1) is 5.92 Å². The molecule has 0 bridgehead atoms. The number of para-hydroxylation sites is 1. The molecule has 1 aromatic carbocycles. The van der Waals surface area contributed by atoms with Crippen molar-refractivity contribution in [3.63, 3.8) is 0 Å². The van der Waals surface area contributed by atoms with E-state index in [1.54, 1.807) is 0 Å². The molecular weight excluding hydrogens is 260 g/mol. The molecule has 1 saturated heterocycles. The lowest BCUT2D eigenvalue weighted by molar-refractivity contribution is -0.0770. The normalized spacial score (nSPS) is 26.8. The van der Waals surface area contributed by atoms with Gasteiger partial charge in [0.1, 0.15) is 0 Å². The molecule has 0 amide bonds. The zero-order chi connectivity index (χ0) is 15.7. The van der Waals surface area contributed by atoms with Crippen molar-refractivity contribution in [3.05, 3.63) is 30.3 Å². The number of nitrogens with zero attached hydrogens (tertiary/aromatic N) is 1. The molecule has 2 rings (SSSR count). The predicted octanol–water partition coefficient (Wildman–Crippen LogP) is 3.30. The molecule has 2 unspecified atom stereocenters. The summed E-state index contributed by atoms with van der Waals surface area (Å²) in [6, 6.07) is 10.9. The molecule has 0 aromatic heterocycles. The zero-order valence-corrected chi connectivity index (χ0v) is 14.3. The maximum Gasteiger partial charge on any atom is 0.0790 e. The number of hydrogen-bond acceptors (Lipinski definition) is 3. The quantitative estimate of drug-likeness (QED) is 0.900. The molecule has 2 atom stereocenters. The van der Waals surface area contributed by atoms with Gasteiger partial charge in [-0.25, -0.2) is 0 Å². The average Bonchev–Trinajstić information content (AvgIpc) is 2.58. The first-order chi connectivity index (χ1) is 9.78. The third-order valence-electron chi connectivity index (χ3n) is 4.66. The SMILES string of the molecule is CCNC1C(CN(C)c2ccccc2)C(C)(C)OC1(C)C. The van der Waals surface area contributed by atoms with E-state index in [2.05, 4.69) is 82.2 Å². The number of anilines is 1. The molecule has 1 aliphatic heterocycles. The van der Waals surface area contributed by atoms with Crippen LogP contribution in [-0.4, -0.2) is 37.4 Å². The van der Waals surface area contributed by atoms with Gasteiger partial charge < -0.3 is 15.0 Å². The number of ether oxygens (including phenoxy) is 1. The Morgan fingerprint density at radius 2 is 1.71 bits per heavy atom. The molecule has 0 aliphatic carbocycles. The van der Waals surface area contributed by atoms with Crippen molar-refractivity contribution in [2.45, 2.75) is 51.9 Å². The molecule has 21 heavy (non-hydrogen) atoms. The Labute approximate surface area is 129 Å². The van der Waals surface area contributed by atoms with Gasteiger partial charge in [0, 0.05) is 31.2 Å². The van der Waals surface area contributed by atoms with Gasteiger partial charge in [0.2, 0.25) is 0 Å². The highest BCUT2D eigenvalue weighted by Crippen LogP contribution is 2.42. The zero-order valence-electron chi connectivity index (χ0n) is 14.3. The van der Waals surface area contributed by atoms with Crippen molar-refractivity contribution in [1.82, 2.24) is 5.32 Å². The van der Waals surface area contributed by atoms with Crippen molar-refractivity contribution >= 4 is 5.69 Å². The lowest BCUT2D eigenvalue weighted by Gasteiger charge is -2.34. The highest BCUT2D eigenvalue weighted by Gasteiger charge is 2.53. The van der Waals surface area contributed by atoms with Gasteiger partial charge in [-0.1, -0.05) is 25.1 Å². The molecule has 1 heterocycles. The van der Waals surface area contributed by atoms with Crippen LogP contribution in [0.4, 0.5) is 5.69 Å². The summed E-state index contributed by atoms with van der Waals surface area (Å²) >= 11 is 0. The first-order valence-electron chi connectivity index (χ1n) is 7.97. The number of nitrogens with one attached hydrogen (secondary N) is 1. The summed E-state index contributed by atoms with van der Waals surface area (Å²) in [5, 5.41) is 3.65. The smallest absolute Gasteiger partial charge is 0.0790 e. The molecular formula is C18H30N2O. The Hall–Kier alpha value is -1.06. The van der Waals surface area contributed by atoms with Crippen molar-refractivity contribution in [2.24, 2.45) is 5.92 Å². The van der Waals surface area contributed by atoms with Crippen molar-refractivity contribution in [2.75, 3.05) is 25.0 Å². The van der Waals surface area contributed by atoms with Gasteiger partial charge in [0.15, 0.2) is 0 Å². The fourth-order valence-corrected chi connectivity index (χ4v) is 3.72. The maximum absolute atomic E-state index is 6.36. The summed E-state index contributed by atoms with van der Waals surface area (Å²) in [7, 11) is 2.17. The minimum absolute atomic E-state index is 0.126. The second kappa shape index (κ2) is 5.98. The van der Waals surface area contributed by atoms with Crippen LogP contribution < -0.4 is 10.2 Å². The van der Waals surface area contributed by atoms with Gasteiger partial charge in [-0.15, -0.1) is 0 Å². The summed E-state index contributed by atoms with van der Waals surface area (Å²) in [5.41, 5.74) is 0.995. The highest BCUT2D eigenvalue weighted by atomic mass is 16.5. The number of hydrogen-bond donors (Lipinski definition) is 1. The van der Waals surface area contributed by atoms with Crippen LogP contribution in [0.2, 0.25) is 0 Å². The molecule has 0 saturated carbocycles. The van der Waals surface area contributed by atoms with Crippen LogP contribution in [0.25, 0.3) is 0 Å². The van der Waals surface area contributed by atoms with E-state index in [1.165, 1.54) is 5.69 Å². The van der Waals surface area contributed by atoms with E-state index in [0.717, 1.165) is 13.1 Å². The molecule has 1 aliphatic rings. The number of likely N-dealkylation sites (N-methyl/N-ethyl adjacent to an activating group) is 1. The summed E-state index contributed by atoms with van der Waals surface area (Å²) < 4.78 is 6.36. The number of rotatable bonds is 5. The van der Waals surface area contributed by atoms with Crippen LogP contribution in [0.15, 0.2) is 30.3 Å². The van der Waals surface area contributed by atoms with Crippen molar-refractivity contribution < 1.29 is 4.74 Å². The van der Waals surface area contributed by atoms with Crippen LogP contribution in [0.5, 0.6) is 0 Å². The van der Waals surface area contributed by atoms with Gasteiger partial charge in [-0.2, -0.15) is 0 Å². The van der Waals surface area contributed by atoms with Gasteiger partial charge in [0.05, 0.1) is 11.2 Å². The van der Waals surface area contributed by atoms with E-state index >= 15 is 0 Å². The van der Waals surface area contributed by atoms with E-state index in [1.807, 2.05) is 0 Å². The summed E-state index contributed by atoms with van der Waals surface area (Å²) in [6.45, 7) is 13.0. The van der Waals surface area contributed by atoms with Crippen molar-refractivity contribution in [3.8, 4) is 0 Å². The number of benzene rings is 1. The summed E-state index contributed by atoms with van der Waals surface area (Å²) in [4.78, 5) is 2.33. The fraction of sp³-hybridized carbons (Fsp3) is 0.667. The average molecular weight is 290 g/mol. The van der Waals surface area contributed by atoms with Crippen LogP contribution in [0.1, 0.15) is 34.6 Å². The predicted molar refractivity (Wildman–Crippen MR) is 89.9 cm³/mol. The first kappa shape index (κ1) is 16.3. The molecule has 3 nitrogen and oxygen atoms in total. The van der Waals surface area contributed by atoms with Crippen LogP contribution in [0.3, 0.4) is 0 Å². The molecule has 0 radical (unpaired) electrons. The lowest BCUT2D eigenvalue weighted by atomic mass is 9.82. The Morgan fingerprint density at radius 1 is 1.10 bits per heavy atom. The largest absolute Gasteiger partial charge is 0.374 e. The minimum atomic E-state index is -0.137. The summed E-state index contributed by atoms with van der Waals surface area (Å²) in [6.07, 6.45) is 0. The van der Waals surface area contributed by atoms with Crippen LogP contribution >= 0.6 is 0 Å². The molecule has 3 heteroatoms. The van der Waals surface area contributed by atoms with Gasteiger partial charge >= 0.3 is 0 Å². The van der Waals surface area contributed by atoms with E-state index in [4.69, 9.17) is 4.74 Å². The standard InChI is InChI=1S/C18H30N2O/c1-7-19-16-15(17(2,3)21-18(16,4)5)13-20(6)14-11-9-8-10-12-14/h8-12,15-16,19H,7,13H2,1-6H3. The molecule has 1 fully saturated rings. The molecule has 1 aromatic rings. The maximum atomic E-state index is 6.36. The van der Waals surface area contributed by atoms with Gasteiger partial charge in [0.25, 0.3) is 0 Å².